The predicted molar refractivity (Wildman–Crippen MR) is 103 cm³/mol. The molecule has 1 aromatic rings. The summed E-state index contributed by atoms with van der Waals surface area (Å²) in [4.78, 5) is 0. The standard InChI is InChI=1S/C15H24BrN2O3PS/c1-5-15(4,22(19,20-6-2)21-7-3)18-14(23)17-13-10-8-12(16)9-11-13/h8-11H,5-7H2,1-4H3,(H2,17,18,23). The van der Waals surface area contributed by atoms with Crippen molar-refractivity contribution in [2.75, 3.05) is 18.5 Å². The minimum absolute atomic E-state index is 0.307. The van der Waals surface area contributed by atoms with Crippen molar-refractivity contribution in [2.45, 2.75) is 39.4 Å². The van der Waals surface area contributed by atoms with Crippen LogP contribution in [-0.4, -0.2) is 23.6 Å². The van der Waals surface area contributed by atoms with Crippen molar-refractivity contribution in [2.24, 2.45) is 0 Å². The van der Waals surface area contributed by atoms with Crippen LogP contribution in [0.25, 0.3) is 0 Å². The summed E-state index contributed by atoms with van der Waals surface area (Å²) in [6.07, 6.45) is 0.534. The van der Waals surface area contributed by atoms with Crippen LogP contribution in [0.4, 0.5) is 5.69 Å². The number of anilines is 1. The lowest BCUT2D eigenvalue weighted by atomic mass is 10.2. The van der Waals surface area contributed by atoms with E-state index in [9.17, 15) is 4.57 Å². The number of nitrogens with one attached hydrogen (secondary N) is 2. The van der Waals surface area contributed by atoms with Crippen LogP contribution >= 0.6 is 35.7 Å². The van der Waals surface area contributed by atoms with Gasteiger partial charge >= 0.3 is 7.60 Å². The summed E-state index contributed by atoms with van der Waals surface area (Å²) in [5.74, 6) is 0. The van der Waals surface area contributed by atoms with E-state index in [1.165, 1.54) is 0 Å². The highest BCUT2D eigenvalue weighted by atomic mass is 79.9. The van der Waals surface area contributed by atoms with Gasteiger partial charge < -0.3 is 19.7 Å². The maximum absolute atomic E-state index is 13.1. The van der Waals surface area contributed by atoms with Crippen LogP contribution in [0.5, 0.6) is 0 Å². The van der Waals surface area contributed by atoms with Crippen molar-refractivity contribution in [3.05, 3.63) is 28.7 Å². The second kappa shape index (κ2) is 9.14. The average Bonchev–Trinajstić information content (AvgIpc) is 2.49. The van der Waals surface area contributed by atoms with Crippen LogP contribution in [0.2, 0.25) is 0 Å². The van der Waals surface area contributed by atoms with Gasteiger partial charge in [0.2, 0.25) is 0 Å². The highest BCUT2D eigenvalue weighted by Gasteiger charge is 2.46. The van der Waals surface area contributed by atoms with Crippen LogP contribution in [0.3, 0.4) is 0 Å². The Kier molecular flexibility index (Phi) is 8.18. The molecule has 0 heterocycles. The van der Waals surface area contributed by atoms with Crippen molar-refractivity contribution >= 4 is 46.5 Å². The zero-order valence-corrected chi connectivity index (χ0v) is 17.2. The van der Waals surface area contributed by atoms with Gasteiger partial charge in [-0.05, 0) is 63.7 Å². The number of rotatable bonds is 8. The summed E-state index contributed by atoms with van der Waals surface area (Å²) in [6.45, 7) is 7.91. The van der Waals surface area contributed by atoms with E-state index in [0.29, 0.717) is 24.7 Å². The van der Waals surface area contributed by atoms with Gasteiger partial charge in [0.15, 0.2) is 5.11 Å². The second-order valence-electron chi connectivity index (χ2n) is 5.05. The molecular formula is C15H24BrN2O3PS. The molecule has 1 rings (SSSR count). The molecule has 1 aromatic carbocycles. The SMILES string of the molecule is CCOP(=O)(OCC)C(C)(CC)NC(=S)Nc1ccc(Br)cc1. The van der Waals surface area contributed by atoms with E-state index in [1.807, 2.05) is 31.2 Å². The fourth-order valence-corrected chi connectivity index (χ4v) is 4.60. The van der Waals surface area contributed by atoms with Gasteiger partial charge in [0, 0.05) is 10.2 Å². The smallest absolute Gasteiger partial charge is 0.346 e. The third-order valence-electron chi connectivity index (χ3n) is 3.38. The maximum atomic E-state index is 13.1. The molecule has 0 aromatic heterocycles. The van der Waals surface area contributed by atoms with E-state index < -0.39 is 12.9 Å². The van der Waals surface area contributed by atoms with Crippen molar-refractivity contribution in [1.29, 1.82) is 0 Å². The molecular weight excluding hydrogens is 399 g/mol. The zero-order valence-electron chi connectivity index (χ0n) is 13.9. The highest BCUT2D eigenvalue weighted by Crippen LogP contribution is 2.59. The quantitative estimate of drug-likeness (QED) is 0.447. The lowest BCUT2D eigenvalue weighted by Gasteiger charge is -2.36. The van der Waals surface area contributed by atoms with Gasteiger partial charge in [-0.3, -0.25) is 4.57 Å². The number of hydrogen-bond donors (Lipinski definition) is 2. The van der Waals surface area contributed by atoms with E-state index >= 15 is 0 Å². The van der Waals surface area contributed by atoms with Gasteiger partial charge in [-0.15, -0.1) is 0 Å². The van der Waals surface area contributed by atoms with E-state index in [1.54, 1.807) is 20.8 Å². The fourth-order valence-electron chi connectivity index (χ4n) is 1.95. The molecule has 5 nitrogen and oxygen atoms in total. The van der Waals surface area contributed by atoms with Crippen molar-refractivity contribution in [3.8, 4) is 0 Å². The molecule has 0 bridgehead atoms. The van der Waals surface area contributed by atoms with Crippen molar-refractivity contribution in [1.82, 2.24) is 5.32 Å². The van der Waals surface area contributed by atoms with E-state index in [-0.39, 0.29) is 0 Å². The Bertz CT molecular complexity index is 560. The lowest BCUT2D eigenvalue weighted by molar-refractivity contribution is 0.193. The Morgan fingerprint density at radius 1 is 1.22 bits per heavy atom. The number of hydrogen-bond acceptors (Lipinski definition) is 4. The zero-order chi connectivity index (χ0) is 17.5. The molecule has 8 heteroatoms. The molecule has 0 fully saturated rings. The van der Waals surface area contributed by atoms with Crippen LogP contribution in [0.15, 0.2) is 28.7 Å². The normalized spacial score (nSPS) is 14.1. The van der Waals surface area contributed by atoms with E-state index in [0.717, 1.165) is 10.2 Å². The minimum Gasteiger partial charge on any atom is -0.346 e. The average molecular weight is 423 g/mol. The highest BCUT2D eigenvalue weighted by molar-refractivity contribution is 9.10. The molecule has 0 spiro atoms. The van der Waals surface area contributed by atoms with Gasteiger partial charge in [-0.1, -0.05) is 22.9 Å². The Morgan fingerprint density at radius 2 is 1.74 bits per heavy atom. The first-order valence-electron chi connectivity index (χ1n) is 7.54. The molecule has 130 valence electrons. The molecule has 1 atom stereocenters. The van der Waals surface area contributed by atoms with Crippen LogP contribution in [0.1, 0.15) is 34.1 Å². The van der Waals surface area contributed by atoms with Gasteiger partial charge in [-0.2, -0.15) is 0 Å². The first-order chi connectivity index (χ1) is 10.8. The first kappa shape index (κ1) is 20.6. The number of thiocarbonyl (C=S) groups is 1. The third kappa shape index (κ3) is 5.54. The molecule has 1 unspecified atom stereocenters. The van der Waals surface area contributed by atoms with Gasteiger partial charge in [-0.25, -0.2) is 0 Å². The summed E-state index contributed by atoms with van der Waals surface area (Å²) in [7, 11) is -3.35. The van der Waals surface area contributed by atoms with Gasteiger partial charge in [0.1, 0.15) is 5.28 Å². The summed E-state index contributed by atoms with van der Waals surface area (Å²) in [6, 6.07) is 7.61. The van der Waals surface area contributed by atoms with Crippen LogP contribution in [-0.2, 0) is 13.6 Å². The predicted octanol–water partition coefficient (Wildman–Crippen LogP) is 5.13. The van der Waals surface area contributed by atoms with Gasteiger partial charge in [0.25, 0.3) is 0 Å². The minimum atomic E-state index is -3.35. The van der Waals surface area contributed by atoms with Crippen molar-refractivity contribution in [3.63, 3.8) is 0 Å². The van der Waals surface area contributed by atoms with E-state index in [4.69, 9.17) is 21.3 Å². The Balaban J connectivity index is 2.88. The van der Waals surface area contributed by atoms with Crippen molar-refractivity contribution < 1.29 is 13.6 Å². The number of halogens is 1. The molecule has 0 aliphatic carbocycles. The topological polar surface area (TPSA) is 59.6 Å². The monoisotopic (exact) mass is 422 g/mol. The molecule has 23 heavy (non-hydrogen) atoms. The lowest BCUT2D eigenvalue weighted by Crippen LogP contribution is -2.47. The fraction of sp³-hybridized carbons (Fsp3) is 0.533. The third-order valence-corrected chi connectivity index (χ3v) is 6.94. The summed E-state index contributed by atoms with van der Waals surface area (Å²) in [5.41, 5.74) is 0.840. The molecule has 2 N–H and O–H groups in total. The van der Waals surface area contributed by atoms with Crippen LogP contribution < -0.4 is 10.6 Å². The van der Waals surface area contributed by atoms with Crippen LogP contribution in [0, 0.1) is 0 Å². The Morgan fingerprint density at radius 3 is 2.17 bits per heavy atom. The largest absolute Gasteiger partial charge is 0.355 e. The second-order valence-corrected chi connectivity index (χ2v) is 8.87. The molecule has 0 amide bonds. The van der Waals surface area contributed by atoms with E-state index in [2.05, 4.69) is 26.6 Å². The molecule has 0 saturated heterocycles. The first-order valence-corrected chi connectivity index (χ1v) is 10.3. The molecule has 0 saturated carbocycles. The Labute approximate surface area is 152 Å². The molecule has 0 radical (unpaired) electrons. The van der Waals surface area contributed by atoms with Gasteiger partial charge in [0.05, 0.1) is 13.2 Å². The maximum Gasteiger partial charge on any atom is 0.355 e. The molecule has 0 aliphatic rings. The summed E-state index contributed by atoms with van der Waals surface area (Å²) in [5, 5.41) is 5.66. The molecule has 0 aliphatic heterocycles. The summed E-state index contributed by atoms with van der Waals surface area (Å²) < 4.78 is 25.0. The Hall–Kier alpha value is -0.460. The summed E-state index contributed by atoms with van der Waals surface area (Å²) >= 11 is 8.74. The number of benzene rings is 1.